The smallest absolute Gasteiger partial charge is 0.238 e. The average Bonchev–Trinajstić information content (AvgIpc) is 2.17. The Kier molecular flexibility index (Phi) is 4.00. The standard InChI is InChI=1S/C9H16ClNO2/c10-7(9(11)13)8(12)6-4-2-1-3-5-6/h6-8,12H,1-5H2,(H2,11,13). The van der Waals surface area contributed by atoms with Crippen LogP contribution >= 0.6 is 11.6 Å². The van der Waals surface area contributed by atoms with Crippen molar-refractivity contribution in [2.45, 2.75) is 43.6 Å². The first-order valence-electron chi connectivity index (χ1n) is 4.74. The Bertz CT molecular complexity index is 180. The normalized spacial score (nSPS) is 23.8. The molecule has 1 rings (SSSR count). The van der Waals surface area contributed by atoms with Crippen LogP contribution in [0.3, 0.4) is 0 Å². The lowest BCUT2D eigenvalue weighted by Crippen LogP contribution is -2.39. The molecule has 1 saturated carbocycles. The highest BCUT2D eigenvalue weighted by molar-refractivity contribution is 6.31. The summed E-state index contributed by atoms with van der Waals surface area (Å²) in [6.07, 6.45) is 4.59. The number of hydrogen-bond acceptors (Lipinski definition) is 2. The lowest BCUT2D eigenvalue weighted by molar-refractivity contribution is -0.120. The summed E-state index contributed by atoms with van der Waals surface area (Å²) in [6.45, 7) is 0. The number of primary amides is 1. The first kappa shape index (κ1) is 10.8. The number of nitrogens with two attached hydrogens (primary N) is 1. The van der Waals surface area contributed by atoms with Gasteiger partial charge in [-0.05, 0) is 18.8 Å². The Labute approximate surface area is 83.3 Å². The van der Waals surface area contributed by atoms with Crippen LogP contribution in [0.5, 0.6) is 0 Å². The molecule has 1 fully saturated rings. The van der Waals surface area contributed by atoms with Gasteiger partial charge >= 0.3 is 0 Å². The topological polar surface area (TPSA) is 63.3 Å². The molecule has 0 aromatic heterocycles. The summed E-state index contributed by atoms with van der Waals surface area (Å²) < 4.78 is 0. The van der Waals surface area contributed by atoms with Crippen molar-refractivity contribution in [2.24, 2.45) is 11.7 Å². The van der Waals surface area contributed by atoms with Crippen molar-refractivity contribution in [3.63, 3.8) is 0 Å². The van der Waals surface area contributed by atoms with Crippen molar-refractivity contribution in [3.8, 4) is 0 Å². The first-order chi connectivity index (χ1) is 6.13. The van der Waals surface area contributed by atoms with E-state index in [0.29, 0.717) is 0 Å². The zero-order chi connectivity index (χ0) is 9.84. The minimum Gasteiger partial charge on any atom is -0.391 e. The van der Waals surface area contributed by atoms with E-state index >= 15 is 0 Å². The van der Waals surface area contributed by atoms with Gasteiger partial charge in [0.1, 0.15) is 5.38 Å². The first-order valence-corrected chi connectivity index (χ1v) is 5.18. The lowest BCUT2D eigenvalue weighted by Gasteiger charge is -2.28. The molecule has 2 unspecified atom stereocenters. The van der Waals surface area contributed by atoms with Gasteiger partial charge in [-0.3, -0.25) is 4.79 Å². The van der Waals surface area contributed by atoms with Gasteiger partial charge < -0.3 is 10.8 Å². The van der Waals surface area contributed by atoms with Crippen molar-refractivity contribution in [1.29, 1.82) is 0 Å². The maximum Gasteiger partial charge on any atom is 0.238 e. The Hall–Kier alpha value is -0.280. The maximum absolute atomic E-state index is 10.7. The molecule has 0 saturated heterocycles. The molecule has 3 N–H and O–H groups in total. The molecule has 0 heterocycles. The van der Waals surface area contributed by atoms with Gasteiger partial charge in [0.2, 0.25) is 5.91 Å². The molecule has 0 aromatic carbocycles. The summed E-state index contributed by atoms with van der Waals surface area (Å²) in [6, 6.07) is 0. The van der Waals surface area contributed by atoms with Crippen molar-refractivity contribution in [1.82, 2.24) is 0 Å². The Balaban J connectivity index is 2.44. The van der Waals surface area contributed by atoms with E-state index in [0.717, 1.165) is 25.7 Å². The second-order valence-electron chi connectivity index (χ2n) is 3.69. The van der Waals surface area contributed by atoms with Gasteiger partial charge in [-0.1, -0.05) is 19.3 Å². The molecule has 2 atom stereocenters. The Morgan fingerprint density at radius 3 is 2.38 bits per heavy atom. The van der Waals surface area contributed by atoms with Gasteiger partial charge in [-0.15, -0.1) is 11.6 Å². The molecule has 1 amide bonds. The molecule has 4 heteroatoms. The molecule has 0 aromatic rings. The van der Waals surface area contributed by atoms with Crippen LogP contribution in [0.2, 0.25) is 0 Å². The third kappa shape index (κ3) is 2.85. The van der Waals surface area contributed by atoms with Crippen molar-refractivity contribution < 1.29 is 9.90 Å². The average molecular weight is 206 g/mol. The van der Waals surface area contributed by atoms with Crippen LogP contribution < -0.4 is 5.73 Å². The Morgan fingerprint density at radius 1 is 1.38 bits per heavy atom. The molecule has 0 spiro atoms. The number of amides is 1. The number of rotatable bonds is 3. The van der Waals surface area contributed by atoms with E-state index in [9.17, 15) is 9.90 Å². The molecule has 13 heavy (non-hydrogen) atoms. The van der Waals surface area contributed by atoms with E-state index in [2.05, 4.69) is 0 Å². The zero-order valence-corrected chi connectivity index (χ0v) is 8.33. The molecular formula is C9H16ClNO2. The number of aliphatic hydroxyl groups is 1. The minimum absolute atomic E-state index is 0.156. The van der Waals surface area contributed by atoms with Crippen molar-refractivity contribution in [3.05, 3.63) is 0 Å². The van der Waals surface area contributed by atoms with E-state index in [4.69, 9.17) is 17.3 Å². The van der Waals surface area contributed by atoms with Crippen LogP contribution in [0.25, 0.3) is 0 Å². The monoisotopic (exact) mass is 205 g/mol. The number of carbonyl (C=O) groups is 1. The highest BCUT2D eigenvalue weighted by atomic mass is 35.5. The molecule has 76 valence electrons. The molecule has 0 bridgehead atoms. The maximum atomic E-state index is 10.7. The Morgan fingerprint density at radius 2 is 1.92 bits per heavy atom. The second-order valence-corrected chi connectivity index (χ2v) is 4.16. The summed E-state index contributed by atoms with van der Waals surface area (Å²) in [4.78, 5) is 10.7. The molecule has 0 aliphatic heterocycles. The van der Waals surface area contributed by atoms with Crippen LogP contribution in [0, 0.1) is 5.92 Å². The second kappa shape index (κ2) is 4.82. The van der Waals surface area contributed by atoms with Gasteiger partial charge in [-0.2, -0.15) is 0 Å². The molecule has 0 radical (unpaired) electrons. The fraction of sp³-hybridized carbons (Fsp3) is 0.889. The quantitative estimate of drug-likeness (QED) is 0.676. The zero-order valence-electron chi connectivity index (χ0n) is 7.58. The van der Waals surface area contributed by atoms with E-state index < -0.39 is 17.4 Å². The van der Waals surface area contributed by atoms with Gasteiger partial charge in [0, 0.05) is 0 Å². The summed E-state index contributed by atoms with van der Waals surface area (Å²) in [5.41, 5.74) is 5.01. The number of alkyl halides is 1. The molecule has 1 aliphatic carbocycles. The SMILES string of the molecule is NC(=O)C(Cl)C(O)C1CCCCC1. The van der Waals surface area contributed by atoms with Gasteiger partial charge in [0.25, 0.3) is 0 Å². The van der Waals surface area contributed by atoms with Gasteiger partial charge in [0.05, 0.1) is 6.10 Å². The summed E-state index contributed by atoms with van der Waals surface area (Å²) in [5, 5.41) is 8.75. The fourth-order valence-electron chi connectivity index (χ4n) is 1.88. The molecule has 3 nitrogen and oxygen atoms in total. The third-order valence-corrected chi connectivity index (χ3v) is 3.18. The highest BCUT2D eigenvalue weighted by Crippen LogP contribution is 2.28. The number of hydrogen-bond donors (Lipinski definition) is 2. The summed E-state index contributed by atoms with van der Waals surface area (Å²) in [7, 11) is 0. The van der Waals surface area contributed by atoms with Crippen LogP contribution in [0.1, 0.15) is 32.1 Å². The number of halogens is 1. The minimum atomic E-state index is -0.928. The van der Waals surface area contributed by atoms with Crippen LogP contribution in [0.4, 0.5) is 0 Å². The number of aliphatic hydroxyl groups excluding tert-OH is 1. The van der Waals surface area contributed by atoms with Gasteiger partial charge in [-0.25, -0.2) is 0 Å². The van der Waals surface area contributed by atoms with E-state index in [1.165, 1.54) is 6.42 Å². The third-order valence-electron chi connectivity index (χ3n) is 2.70. The highest BCUT2D eigenvalue weighted by Gasteiger charge is 2.30. The van der Waals surface area contributed by atoms with Crippen LogP contribution in [0.15, 0.2) is 0 Å². The van der Waals surface area contributed by atoms with Gasteiger partial charge in [0.15, 0.2) is 0 Å². The summed E-state index contributed by atoms with van der Waals surface area (Å²) >= 11 is 5.67. The summed E-state index contributed by atoms with van der Waals surface area (Å²) in [5.74, 6) is -0.469. The van der Waals surface area contributed by atoms with E-state index in [1.807, 2.05) is 0 Å². The molecule has 1 aliphatic rings. The predicted octanol–water partition coefficient (Wildman–Crippen LogP) is 1.02. The van der Waals surface area contributed by atoms with Crippen molar-refractivity contribution >= 4 is 17.5 Å². The van der Waals surface area contributed by atoms with E-state index in [-0.39, 0.29) is 5.92 Å². The molecular weight excluding hydrogens is 190 g/mol. The largest absolute Gasteiger partial charge is 0.391 e. The van der Waals surface area contributed by atoms with Crippen LogP contribution in [-0.4, -0.2) is 22.5 Å². The van der Waals surface area contributed by atoms with Crippen molar-refractivity contribution in [2.75, 3.05) is 0 Å². The lowest BCUT2D eigenvalue weighted by atomic mass is 9.84. The predicted molar refractivity (Wildman–Crippen MR) is 51.4 cm³/mol. The van der Waals surface area contributed by atoms with E-state index in [1.54, 1.807) is 0 Å². The fourth-order valence-corrected chi connectivity index (χ4v) is 2.09. The van der Waals surface area contributed by atoms with Crippen LogP contribution in [-0.2, 0) is 4.79 Å². The number of carbonyl (C=O) groups excluding carboxylic acids is 1.